The van der Waals surface area contributed by atoms with Crippen LogP contribution in [0.2, 0.25) is 0 Å². The maximum atomic E-state index is 6.36. The van der Waals surface area contributed by atoms with E-state index >= 15 is 0 Å². The van der Waals surface area contributed by atoms with Gasteiger partial charge in [0.15, 0.2) is 0 Å². The van der Waals surface area contributed by atoms with Gasteiger partial charge in [-0.1, -0.05) is 38.5 Å². The Balaban J connectivity index is 2.15. The maximum Gasteiger partial charge on any atom is 0.123 e. The maximum absolute atomic E-state index is 6.36. The molecule has 0 bridgehead atoms. The fourth-order valence-electron chi connectivity index (χ4n) is 2.74. The first-order chi connectivity index (χ1) is 9.14. The second-order valence-corrected chi connectivity index (χ2v) is 5.89. The molecule has 0 amide bonds. The largest absolute Gasteiger partial charge is 0.487 e. The Kier molecular flexibility index (Phi) is 4.87. The minimum atomic E-state index is -0.0692. The fraction of sp³-hybridized carbons (Fsp3) is 0.647. The monoisotopic (exact) mass is 262 g/mol. The summed E-state index contributed by atoms with van der Waals surface area (Å²) in [5.74, 6) is 1.62. The third-order valence-electron chi connectivity index (χ3n) is 4.08. The Morgan fingerprint density at radius 3 is 2.63 bits per heavy atom. The first-order valence-corrected chi connectivity index (χ1v) is 7.50. The molecule has 0 radical (unpaired) electrons. The van der Waals surface area contributed by atoms with Gasteiger partial charge in [0.1, 0.15) is 11.4 Å². The highest BCUT2D eigenvalue weighted by molar-refractivity contribution is 5.36. The molecule has 1 aliphatic rings. The van der Waals surface area contributed by atoms with Crippen LogP contribution in [0.25, 0.3) is 0 Å². The second-order valence-electron chi connectivity index (χ2n) is 5.89. The lowest BCUT2D eigenvalue weighted by Gasteiger charge is -2.35. The predicted molar refractivity (Wildman–Crippen MR) is 78.9 cm³/mol. The van der Waals surface area contributed by atoms with Crippen LogP contribution in [0.1, 0.15) is 57.9 Å². The molecule has 2 heteroatoms. The number of benzene rings is 1. The first-order valence-electron chi connectivity index (χ1n) is 7.50. The zero-order valence-electron chi connectivity index (χ0n) is 12.4. The highest BCUT2D eigenvalue weighted by atomic mass is 16.5. The van der Waals surface area contributed by atoms with E-state index in [4.69, 9.17) is 9.47 Å². The van der Waals surface area contributed by atoms with Crippen LogP contribution in [0.5, 0.6) is 5.75 Å². The van der Waals surface area contributed by atoms with Crippen molar-refractivity contribution >= 4 is 0 Å². The SMILES string of the molecule is CCCC(C)c1ccccc1OC1(C)CCOCC1. The fourth-order valence-corrected chi connectivity index (χ4v) is 2.74. The van der Waals surface area contributed by atoms with Crippen molar-refractivity contribution in [2.24, 2.45) is 0 Å². The van der Waals surface area contributed by atoms with E-state index in [1.54, 1.807) is 0 Å². The number of hydrogen-bond donors (Lipinski definition) is 0. The van der Waals surface area contributed by atoms with Crippen LogP contribution in [-0.4, -0.2) is 18.8 Å². The van der Waals surface area contributed by atoms with E-state index in [1.165, 1.54) is 18.4 Å². The molecular formula is C17H26O2. The van der Waals surface area contributed by atoms with Gasteiger partial charge in [0.2, 0.25) is 0 Å². The molecule has 0 aliphatic carbocycles. The van der Waals surface area contributed by atoms with Crippen molar-refractivity contribution in [3.8, 4) is 5.75 Å². The molecule has 19 heavy (non-hydrogen) atoms. The third-order valence-corrected chi connectivity index (χ3v) is 4.08. The zero-order valence-corrected chi connectivity index (χ0v) is 12.4. The van der Waals surface area contributed by atoms with Gasteiger partial charge in [0, 0.05) is 12.8 Å². The van der Waals surface area contributed by atoms with Crippen LogP contribution in [0, 0.1) is 0 Å². The van der Waals surface area contributed by atoms with Crippen LogP contribution in [0.3, 0.4) is 0 Å². The molecule has 1 atom stereocenters. The molecule has 1 unspecified atom stereocenters. The lowest BCUT2D eigenvalue weighted by molar-refractivity contribution is -0.0348. The van der Waals surface area contributed by atoms with Crippen LogP contribution in [-0.2, 0) is 4.74 Å². The van der Waals surface area contributed by atoms with Gasteiger partial charge in [0.25, 0.3) is 0 Å². The number of hydrogen-bond acceptors (Lipinski definition) is 2. The summed E-state index contributed by atoms with van der Waals surface area (Å²) in [5, 5.41) is 0. The van der Waals surface area contributed by atoms with Gasteiger partial charge in [-0.2, -0.15) is 0 Å². The number of ether oxygens (including phenoxy) is 2. The lowest BCUT2D eigenvalue weighted by atomic mass is 9.93. The molecule has 0 saturated carbocycles. The molecule has 0 aromatic heterocycles. The number of para-hydroxylation sites is 1. The Bertz CT molecular complexity index is 394. The van der Waals surface area contributed by atoms with Gasteiger partial charge in [0.05, 0.1) is 13.2 Å². The van der Waals surface area contributed by atoms with Crippen LogP contribution in [0.4, 0.5) is 0 Å². The zero-order chi connectivity index (χ0) is 13.7. The molecule has 1 saturated heterocycles. The van der Waals surface area contributed by atoms with Gasteiger partial charge in [-0.3, -0.25) is 0 Å². The molecule has 1 aromatic carbocycles. The van der Waals surface area contributed by atoms with E-state index in [0.717, 1.165) is 31.8 Å². The summed E-state index contributed by atoms with van der Waals surface area (Å²) in [4.78, 5) is 0. The Morgan fingerprint density at radius 1 is 1.26 bits per heavy atom. The van der Waals surface area contributed by atoms with E-state index in [9.17, 15) is 0 Å². The Hall–Kier alpha value is -1.02. The van der Waals surface area contributed by atoms with Gasteiger partial charge >= 0.3 is 0 Å². The average Bonchev–Trinajstić information content (AvgIpc) is 2.40. The van der Waals surface area contributed by atoms with Gasteiger partial charge in [-0.15, -0.1) is 0 Å². The summed E-state index contributed by atoms with van der Waals surface area (Å²) >= 11 is 0. The van der Waals surface area contributed by atoms with Crippen molar-refractivity contribution in [2.75, 3.05) is 13.2 Å². The van der Waals surface area contributed by atoms with Gasteiger partial charge < -0.3 is 9.47 Å². The molecule has 1 heterocycles. The topological polar surface area (TPSA) is 18.5 Å². The summed E-state index contributed by atoms with van der Waals surface area (Å²) in [6.45, 7) is 8.35. The third kappa shape index (κ3) is 3.73. The minimum Gasteiger partial charge on any atom is -0.487 e. The molecule has 1 aromatic rings. The van der Waals surface area contributed by atoms with Gasteiger partial charge in [-0.05, 0) is 30.9 Å². The Morgan fingerprint density at radius 2 is 1.95 bits per heavy atom. The van der Waals surface area contributed by atoms with Crippen LogP contribution < -0.4 is 4.74 Å². The summed E-state index contributed by atoms with van der Waals surface area (Å²) in [6, 6.07) is 8.50. The highest BCUT2D eigenvalue weighted by Gasteiger charge is 2.30. The lowest BCUT2D eigenvalue weighted by Crippen LogP contribution is -2.39. The summed E-state index contributed by atoms with van der Waals surface area (Å²) < 4.78 is 11.8. The second kappa shape index (κ2) is 6.42. The summed E-state index contributed by atoms with van der Waals surface area (Å²) in [6.07, 6.45) is 4.37. The quantitative estimate of drug-likeness (QED) is 0.775. The van der Waals surface area contributed by atoms with Crippen molar-refractivity contribution < 1.29 is 9.47 Å². The van der Waals surface area contributed by atoms with Crippen molar-refractivity contribution in [1.29, 1.82) is 0 Å². The van der Waals surface area contributed by atoms with E-state index in [-0.39, 0.29) is 5.60 Å². The highest BCUT2D eigenvalue weighted by Crippen LogP contribution is 2.34. The van der Waals surface area contributed by atoms with Crippen LogP contribution in [0.15, 0.2) is 24.3 Å². The molecule has 0 N–H and O–H groups in total. The average molecular weight is 262 g/mol. The minimum absolute atomic E-state index is 0.0692. The Labute approximate surface area is 117 Å². The molecular weight excluding hydrogens is 236 g/mol. The first kappa shape index (κ1) is 14.4. The van der Waals surface area contributed by atoms with E-state index in [1.807, 2.05) is 0 Å². The molecule has 0 spiro atoms. The van der Waals surface area contributed by atoms with E-state index < -0.39 is 0 Å². The summed E-state index contributed by atoms with van der Waals surface area (Å²) in [5.41, 5.74) is 1.28. The standard InChI is InChI=1S/C17H26O2/c1-4-7-14(2)15-8-5-6-9-16(15)19-17(3)10-12-18-13-11-17/h5-6,8-9,14H,4,7,10-13H2,1-3H3. The summed E-state index contributed by atoms with van der Waals surface area (Å²) in [7, 11) is 0. The van der Waals surface area contributed by atoms with E-state index in [2.05, 4.69) is 45.0 Å². The predicted octanol–water partition coefficient (Wildman–Crippen LogP) is 4.54. The van der Waals surface area contributed by atoms with Crippen molar-refractivity contribution in [1.82, 2.24) is 0 Å². The van der Waals surface area contributed by atoms with Crippen molar-refractivity contribution in [2.45, 2.75) is 58.0 Å². The van der Waals surface area contributed by atoms with Gasteiger partial charge in [-0.25, -0.2) is 0 Å². The molecule has 106 valence electrons. The normalized spacial score (nSPS) is 19.9. The molecule has 1 fully saturated rings. The molecule has 2 rings (SSSR count). The molecule has 2 nitrogen and oxygen atoms in total. The van der Waals surface area contributed by atoms with Crippen LogP contribution >= 0.6 is 0 Å². The molecule has 1 aliphatic heterocycles. The number of rotatable bonds is 5. The van der Waals surface area contributed by atoms with Crippen molar-refractivity contribution in [3.05, 3.63) is 29.8 Å². The smallest absolute Gasteiger partial charge is 0.123 e. The van der Waals surface area contributed by atoms with Crippen molar-refractivity contribution in [3.63, 3.8) is 0 Å². The van der Waals surface area contributed by atoms with E-state index in [0.29, 0.717) is 5.92 Å².